The van der Waals surface area contributed by atoms with Crippen molar-refractivity contribution in [2.45, 2.75) is 23.6 Å². The third kappa shape index (κ3) is 2.19. The van der Waals surface area contributed by atoms with E-state index in [9.17, 15) is 8.42 Å². The molecule has 2 aliphatic heterocycles. The van der Waals surface area contributed by atoms with E-state index >= 15 is 0 Å². The van der Waals surface area contributed by atoms with E-state index in [2.05, 4.69) is 26.2 Å². The molecule has 0 N–H and O–H groups in total. The first-order valence-electron chi connectivity index (χ1n) is 6.82. The van der Waals surface area contributed by atoms with Crippen molar-refractivity contribution in [3.63, 3.8) is 0 Å². The van der Waals surface area contributed by atoms with Crippen LogP contribution in [-0.2, 0) is 21.4 Å². The Morgan fingerprint density at radius 3 is 2.77 bits per heavy atom. The van der Waals surface area contributed by atoms with E-state index in [0.29, 0.717) is 19.7 Å². The third-order valence-corrected chi connectivity index (χ3v) is 6.44. The van der Waals surface area contributed by atoms with Gasteiger partial charge < -0.3 is 4.74 Å². The highest BCUT2D eigenvalue weighted by atomic mass is 79.9. The van der Waals surface area contributed by atoms with Gasteiger partial charge in [-0.3, -0.25) is 0 Å². The van der Waals surface area contributed by atoms with E-state index in [-0.39, 0.29) is 17.0 Å². The van der Waals surface area contributed by atoms with Gasteiger partial charge in [0.05, 0.1) is 35.5 Å². The molecule has 2 aliphatic rings. The number of ether oxygens (including phenoxy) is 1. The van der Waals surface area contributed by atoms with Crippen molar-refractivity contribution in [3.8, 4) is 0 Å². The lowest BCUT2D eigenvalue weighted by Crippen LogP contribution is -2.32. The molecule has 0 spiro atoms. The van der Waals surface area contributed by atoms with Gasteiger partial charge in [0.25, 0.3) is 0 Å². The van der Waals surface area contributed by atoms with E-state index < -0.39 is 10.0 Å². The second-order valence-electron chi connectivity index (χ2n) is 5.36. The summed E-state index contributed by atoms with van der Waals surface area (Å²) in [5, 5.41) is 7.94. The molecule has 0 radical (unpaired) electrons. The average Bonchev–Trinajstić information content (AvgIpc) is 3.13. The molecular formula is C13H13BrN4O3S. The van der Waals surface area contributed by atoms with Gasteiger partial charge in [-0.1, -0.05) is 21.1 Å². The molecule has 4 rings (SSSR count). The van der Waals surface area contributed by atoms with Crippen LogP contribution in [0.25, 0.3) is 0 Å². The van der Waals surface area contributed by atoms with Crippen molar-refractivity contribution < 1.29 is 13.2 Å². The van der Waals surface area contributed by atoms with Gasteiger partial charge in [0.1, 0.15) is 0 Å². The molecule has 7 nitrogen and oxygen atoms in total. The maximum absolute atomic E-state index is 12.7. The van der Waals surface area contributed by atoms with Crippen LogP contribution in [-0.4, -0.2) is 46.9 Å². The van der Waals surface area contributed by atoms with Crippen LogP contribution in [0.1, 0.15) is 11.7 Å². The van der Waals surface area contributed by atoms with Gasteiger partial charge in [-0.2, -0.15) is 4.31 Å². The molecule has 0 aliphatic carbocycles. The Bertz CT molecular complexity index is 805. The van der Waals surface area contributed by atoms with E-state index in [0.717, 1.165) is 10.2 Å². The van der Waals surface area contributed by atoms with E-state index in [1.54, 1.807) is 35.1 Å². The maximum atomic E-state index is 12.7. The second-order valence-corrected chi connectivity index (χ2v) is 8.22. The maximum Gasteiger partial charge on any atom is 0.243 e. The molecule has 0 amide bonds. The minimum atomic E-state index is -3.53. The van der Waals surface area contributed by atoms with Crippen LogP contribution < -0.4 is 0 Å². The summed E-state index contributed by atoms with van der Waals surface area (Å²) in [6.45, 7) is 1.10. The summed E-state index contributed by atoms with van der Waals surface area (Å²) < 4.78 is 35.3. The average molecular weight is 385 g/mol. The number of hydrogen-bond acceptors (Lipinski definition) is 5. The number of nitrogens with zero attached hydrogens (tertiary/aromatic N) is 4. The summed E-state index contributed by atoms with van der Waals surface area (Å²) in [7, 11) is -3.53. The molecule has 116 valence electrons. The first kappa shape index (κ1) is 14.3. The van der Waals surface area contributed by atoms with Crippen molar-refractivity contribution in [2.24, 2.45) is 0 Å². The number of benzene rings is 1. The zero-order chi connectivity index (χ0) is 15.3. The monoisotopic (exact) mass is 384 g/mol. The van der Waals surface area contributed by atoms with Gasteiger partial charge in [0, 0.05) is 17.6 Å². The lowest BCUT2D eigenvalue weighted by atomic mass is 10.2. The third-order valence-electron chi connectivity index (χ3n) is 4.06. The van der Waals surface area contributed by atoms with E-state index in [1.165, 1.54) is 4.31 Å². The highest BCUT2D eigenvalue weighted by molar-refractivity contribution is 9.10. The summed E-state index contributed by atoms with van der Waals surface area (Å²) in [4.78, 5) is 0.285. The highest BCUT2D eigenvalue weighted by Crippen LogP contribution is 2.33. The van der Waals surface area contributed by atoms with E-state index in [1.807, 2.05) is 0 Å². The Hall–Kier alpha value is -1.29. The molecule has 1 saturated heterocycles. The molecule has 0 bridgehead atoms. The molecular weight excluding hydrogens is 372 g/mol. The number of aromatic nitrogens is 3. The fraction of sp³-hybridized carbons (Fsp3) is 0.385. The Morgan fingerprint density at radius 1 is 1.23 bits per heavy atom. The summed E-state index contributed by atoms with van der Waals surface area (Å²) in [6, 6.07) is 6.53. The molecule has 1 fully saturated rings. The predicted octanol–water partition coefficient (Wildman–Crippen LogP) is 1.18. The fourth-order valence-corrected chi connectivity index (χ4v) is 4.65. The molecule has 1 aromatic heterocycles. The first-order chi connectivity index (χ1) is 10.6. The molecule has 1 aromatic carbocycles. The summed E-state index contributed by atoms with van der Waals surface area (Å²) >= 11 is 3.31. The number of halogens is 1. The van der Waals surface area contributed by atoms with Crippen LogP contribution in [0.15, 0.2) is 39.8 Å². The van der Waals surface area contributed by atoms with Crippen LogP contribution in [0.4, 0.5) is 0 Å². The number of fused-ring (bicyclic) bond motifs is 3. The van der Waals surface area contributed by atoms with Gasteiger partial charge >= 0.3 is 0 Å². The van der Waals surface area contributed by atoms with Crippen molar-refractivity contribution >= 4 is 26.0 Å². The Balaban J connectivity index is 1.64. The predicted molar refractivity (Wildman–Crippen MR) is 80.5 cm³/mol. The van der Waals surface area contributed by atoms with Crippen LogP contribution in [0.2, 0.25) is 0 Å². The van der Waals surface area contributed by atoms with Gasteiger partial charge in [-0.05, 0) is 24.3 Å². The quantitative estimate of drug-likeness (QED) is 0.776. The number of hydrogen-bond donors (Lipinski definition) is 0. The molecule has 2 atom stereocenters. The van der Waals surface area contributed by atoms with Crippen molar-refractivity contribution in [2.75, 3.05) is 13.1 Å². The van der Waals surface area contributed by atoms with Crippen LogP contribution in [0, 0.1) is 0 Å². The molecule has 2 aromatic rings. The zero-order valence-electron chi connectivity index (χ0n) is 11.5. The van der Waals surface area contributed by atoms with Gasteiger partial charge in [-0.25, -0.2) is 13.1 Å². The van der Waals surface area contributed by atoms with Crippen molar-refractivity contribution in [3.05, 3.63) is 40.6 Å². The molecule has 0 unspecified atom stereocenters. The summed E-state index contributed by atoms with van der Waals surface area (Å²) in [6.07, 6.45) is 1.47. The number of sulfonamides is 1. The normalized spacial score (nSPS) is 25.0. The molecule has 0 saturated carbocycles. The van der Waals surface area contributed by atoms with Crippen LogP contribution in [0.3, 0.4) is 0 Å². The largest absolute Gasteiger partial charge is 0.368 e. The molecule has 22 heavy (non-hydrogen) atoms. The lowest BCUT2D eigenvalue weighted by Gasteiger charge is -2.25. The molecule has 9 heteroatoms. The zero-order valence-corrected chi connectivity index (χ0v) is 13.9. The fourth-order valence-electron chi connectivity index (χ4n) is 2.91. The minimum Gasteiger partial charge on any atom is -0.368 e. The highest BCUT2D eigenvalue weighted by Gasteiger charge is 2.44. The van der Waals surface area contributed by atoms with Crippen LogP contribution in [0.5, 0.6) is 0 Å². The Kier molecular flexibility index (Phi) is 3.33. The van der Waals surface area contributed by atoms with Crippen LogP contribution >= 0.6 is 15.9 Å². The Labute approximate surface area is 136 Å². The lowest BCUT2D eigenvalue weighted by molar-refractivity contribution is -0.00389. The minimum absolute atomic E-state index is 0.114. The molecule has 3 heterocycles. The van der Waals surface area contributed by atoms with Gasteiger partial charge in [0.15, 0.2) is 0 Å². The van der Waals surface area contributed by atoms with E-state index in [4.69, 9.17) is 4.74 Å². The van der Waals surface area contributed by atoms with Crippen molar-refractivity contribution in [1.29, 1.82) is 0 Å². The second kappa shape index (κ2) is 5.12. The SMILES string of the molecule is O=S(=O)(c1ccc(Br)cc1)N1C[C@@H]2OCc3cnnn3[C@H]2C1. The van der Waals surface area contributed by atoms with Gasteiger partial charge in [-0.15, -0.1) is 5.10 Å². The summed E-state index contributed by atoms with van der Waals surface area (Å²) in [5.41, 5.74) is 0.879. The van der Waals surface area contributed by atoms with Gasteiger partial charge in [0.2, 0.25) is 10.0 Å². The first-order valence-corrected chi connectivity index (χ1v) is 9.05. The topological polar surface area (TPSA) is 77.3 Å². The summed E-state index contributed by atoms with van der Waals surface area (Å²) in [5.74, 6) is 0. The Morgan fingerprint density at radius 2 is 2.00 bits per heavy atom. The number of rotatable bonds is 2. The smallest absolute Gasteiger partial charge is 0.243 e. The standard InChI is InChI=1S/C13H13BrN4O3S/c14-9-1-3-11(4-2-9)22(19,20)17-6-12-13(7-17)21-8-10-5-15-16-18(10)12/h1-5,12-13H,6-8H2/t12-,13-/m0/s1. The van der Waals surface area contributed by atoms with Crippen molar-refractivity contribution in [1.82, 2.24) is 19.3 Å².